The summed E-state index contributed by atoms with van der Waals surface area (Å²) in [6.45, 7) is 0. The second-order valence-corrected chi connectivity index (χ2v) is 4.06. The van der Waals surface area contributed by atoms with Gasteiger partial charge in [-0.1, -0.05) is 6.07 Å². The highest BCUT2D eigenvalue weighted by molar-refractivity contribution is 5.38. The van der Waals surface area contributed by atoms with Crippen molar-refractivity contribution in [1.29, 1.82) is 0 Å². The number of hydrogen-bond donors (Lipinski definition) is 1. The maximum Gasteiger partial charge on any atom is 0.219 e. The molecule has 16 heavy (non-hydrogen) atoms. The van der Waals surface area contributed by atoms with E-state index in [0.29, 0.717) is 5.82 Å². The fraction of sp³-hybridized carbons (Fsp3) is 0.333. The minimum absolute atomic E-state index is 0.258. The van der Waals surface area contributed by atoms with Gasteiger partial charge in [-0.05, 0) is 37.8 Å². The third-order valence-corrected chi connectivity index (χ3v) is 3.00. The quantitative estimate of drug-likeness (QED) is 0.789. The Kier molecular flexibility index (Phi) is 2.13. The van der Waals surface area contributed by atoms with Crippen LogP contribution in [0, 0.1) is 0 Å². The Morgan fingerprint density at radius 3 is 2.81 bits per heavy atom. The zero-order valence-corrected chi connectivity index (χ0v) is 8.93. The molecule has 1 aliphatic carbocycles. The number of aromatic nitrogens is 3. The Morgan fingerprint density at radius 2 is 2.06 bits per heavy atom. The molecule has 2 heterocycles. The molecule has 0 aliphatic heterocycles. The molecule has 4 nitrogen and oxygen atoms in total. The fourth-order valence-corrected chi connectivity index (χ4v) is 2.18. The number of nitrogens with zero attached hydrogens (tertiary/aromatic N) is 3. The largest absolute Gasteiger partial charge is 0.493 e. The third kappa shape index (κ3) is 1.38. The van der Waals surface area contributed by atoms with E-state index in [1.807, 2.05) is 18.2 Å². The van der Waals surface area contributed by atoms with Gasteiger partial charge in [-0.2, -0.15) is 9.78 Å². The van der Waals surface area contributed by atoms with Crippen LogP contribution in [0.4, 0.5) is 0 Å². The van der Waals surface area contributed by atoms with Gasteiger partial charge in [0.2, 0.25) is 5.88 Å². The zero-order valence-electron chi connectivity index (χ0n) is 8.93. The summed E-state index contributed by atoms with van der Waals surface area (Å²) in [7, 11) is 0. The van der Waals surface area contributed by atoms with Crippen LogP contribution in [0.3, 0.4) is 0 Å². The van der Waals surface area contributed by atoms with E-state index in [1.54, 1.807) is 6.20 Å². The molecule has 0 aromatic carbocycles. The maximum atomic E-state index is 10.1. The van der Waals surface area contributed by atoms with Gasteiger partial charge in [-0.3, -0.25) is 0 Å². The molecule has 4 heteroatoms. The minimum Gasteiger partial charge on any atom is -0.493 e. The molecule has 0 atom stereocenters. The first-order valence-electron chi connectivity index (χ1n) is 5.57. The van der Waals surface area contributed by atoms with Crippen LogP contribution in [0.25, 0.3) is 5.82 Å². The molecule has 3 rings (SSSR count). The predicted octanol–water partition coefficient (Wildman–Crippen LogP) is 1.85. The van der Waals surface area contributed by atoms with Gasteiger partial charge in [-0.25, -0.2) is 4.98 Å². The van der Waals surface area contributed by atoms with Crippen molar-refractivity contribution in [3.8, 4) is 11.7 Å². The smallest absolute Gasteiger partial charge is 0.219 e. The fourth-order valence-electron chi connectivity index (χ4n) is 2.18. The lowest BCUT2D eigenvalue weighted by Crippen LogP contribution is -2.00. The zero-order chi connectivity index (χ0) is 11.0. The van der Waals surface area contributed by atoms with E-state index in [1.165, 1.54) is 4.68 Å². The Hall–Kier alpha value is -1.84. The summed E-state index contributed by atoms with van der Waals surface area (Å²) in [5.41, 5.74) is 2.02. The summed E-state index contributed by atoms with van der Waals surface area (Å²) in [5, 5.41) is 14.5. The number of rotatable bonds is 1. The van der Waals surface area contributed by atoms with Gasteiger partial charge in [0.1, 0.15) is 0 Å². The highest BCUT2D eigenvalue weighted by Gasteiger charge is 2.20. The molecular weight excluding hydrogens is 202 g/mol. The molecule has 0 radical (unpaired) electrons. The van der Waals surface area contributed by atoms with Crippen LogP contribution in [0.5, 0.6) is 5.88 Å². The van der Waals surface area contributed by atoms with Crippen molar-refractivity contribution in [2.75, 3.05) is 0 Å². The molecule has 0 bridgehead atoms. The van der Waals surface area contributed by atoms with Crippen molar-refractivity contribution in [2.24, 2.45) is 0 Å². The van der Waals surface area contributed by atoms with Crippen LogP contribution >= 0.6 is 0 Å². The first-order valence-corrected chi connectivity index (χ1v) is 5.57. The predicted molar refractivity (Wildman–Crippen MR) is 59.7 cm³/mol. The second kappa shape index (κ2) is 3.63. The van der Waals surface area contributed by atoms with E-state index < -0.39 is 0 Å². The summed E-state index contributed by atoms with van der Waals surface area (Å²) >= 11 is 0. The average Bonchev–Trinajstić information content (AvgIpc) is 2.69. The first kappa shape index (κ1) is 9.39. The maximum absolute atomic E-state index is 10.1. The van der Waals surface area contributed by atoms with Crippen LogP contribution in [-0.4, -0.2) is 19.9 Å². The molecule has 1 aliphatic rings. The Morgan fingerprint density at radius 1 is 1.19 bits per heavy atom. The van der Waals surface area contributed by atoms with E-state index in [2.05, 4.69) is 10.1 Å². The average molecular weight is 215 g/mol. The molecule has 0 unspecified atom stereocenters. The van der Waals surface area contributed by atoms with Gasteiger partial charge in [0.15, 0.2) is 5.82 Å². The van der Waals surface area contributed by atoms with Crippen molar-refractivity contribution in [3.63, 3.8) is 0 Å². The highest BCUT2D eigenvalue weighted by atomic mass is 16.3. The molecule has 2 aromatic rings. The lowest BCUT2D eigenvalue weighted by Gasteiger charge is -2.07. The molecular formula is C12H13N3O. The molecule has 0 saturated carbocycles. The van der Waals surface area contributed by atoms with Gasteiger partial charge < -0.3 is 5.11 Å². The van der Waals surface area contributed by atoms with Gasteiger partial charge in [0, 0.05) is 11.8 Å². The molecule has 0 amide bonds. The van der Waals surface area contributed by atoms with E-state index in [9.17, 15) is 5.11 Å². The van der Waals surface area contributed by atoms with Gasteiger partial charge in [0.25, 0.3) is 0 Å². The van der Waals surface area contributed by atoms with Crippen LogP contribution in [0.15, 0.2) is 24.4 Å². The third-order valence-electron chi connectivity index (χ3n) is 3.00. The summed E-state index contributed by atoms with van der Waals surface area (Å²) in [4.78, 5) is 4.19. The normalized spacial score (nSPS) is 14.8. The van der Waals surface area contributed by atoms with Gasteiger partial charge in [-0.15, -0.1) is 0 Å². The Balaban J connectivity index is 2.12. The monoisotopic (exact) mass is 215 g/mol. The SMILES string of the molecule is Oc1c2c(nn1-c1ccccn1)CCCC2. The van der Waals surface area contributed by atoms with Gasteiger partial charge >= 0.3 is 0 Å². The standard InChI is InChI=1S/C12H13N3O/c16-12-9-5-1-2-6-10(9)14-15(12)11-7-3-4-8-13-11/h3-4,7-8,16H,1-2,5-6H2. The summed E-state index contributed by atoms with van der Waals surface area (Å²) < 4.78 is 1.54. The van der Waals surface area contributed by atoms with E-state index in [4.69, 9.17) is 0 Å². The van der Waals surface area contributed by atoms with Crippen molar-refractivity contribution in [2.45, 2.75) is 25.7 Å². The Labute approximate surface area is 93.6 Å². The van der Waals surface area contributed by atoms with E-state index >= 15 is 0 Å². The van der Waals surface area contributed by atoms with Crippen LogP contribution in [0.2, 0.25) is 0 Å². The lowest BCUT2D eigenvalue weighted by atomic mass is 9.98. The van der Waals surface area contributed by atoms with Crippen LogP contribution in [0.1, 0.15) is 24.1 Å². The lowest BCUT2D eigenvalue weighted by molar-refractivity contribution is 0.425. The van der Waals surface area contributed by atoms with E-state index in [-0.39, 0.29) is 5.88 Å². The summed E-state index contributed by atoms with van der Waals surface area (Å²) in [6.07, 6.45) is 5.88. The number of hydrogen-bond acceptors (Lipinski definition) is 3. The van der Waals surface area contributed by atoms with Crippen molar-refractivity contribution < 1.29 is 5.11 Å². The summed E-state index contributed by atoms with van der Waals surface area (Å²) in [5.74, 6) is 0.933. The second-order valence-electron chi connectivity index (χ2n) is 4.06. The van der Waals surface area contributed by atoms with Crippen molar-refractivity contribution in [3.05, 3.63) is 35.7 Å². The first-order chi connectivity index (χ1) is 7.86. The molecule has 0 spiro atoms. The molecule has 1 N–H and O–H groups in total. The van der Waals surface area contributed by atoms with Gasteiger partial charge in [0.05, 0.1) is 5.69 Å². The minimum atomic E-state index is 0.258. The topological polar surface area (TPSA) is 50.9 Å². The highest BCUT2D eigenvalue weighted by Crippen LogP contribution is 2.29. The summed E-state index contributed by atoms with van der Waals surface area (Å²) in [6, 6.07) is 5.59. The Bertz CT molecular complexity index is 504. The molecule has 0 fully saturated rings. The van der Waals surface area contributed by atoms with Crippen molar-refractivity contribution in [1.82, 2.24) is 14.8 Å². The van der Waals surface area contributed by atoms with Crippen molar-refractivity contribution >= 4 is 0 Å². The number of pyridine rings is 1. The number of fused-ring (bicyclic) bond motifs is 1. The number of aromatic hydroxyl groups is 1. The number of aryl methyl sites for hydroxylation is 1. The van der Waals surface area contributed by atoms with Crippen LogP contribution in [-0.2, 0) is 12.8 Å². The molecule has 82 valence electrons. The van der Waals surface area contributed by atoms with Crippen LogP contribution < -0.4 is 0 Å². The molecule has 0 saturated heterocycles. The van der Waals surface area contributed by atoms with E-state index in [0.717, 1.165) is 36.9 Å². The molecule has 2 aromatic heterocycles.